The lowest BCUT2D eigenvalue weighted by Gasteiger charge is -2.20. The molecule has 0 amide bonds. The van der Waals surface area contributed by atoms with Crippen LogP contribution < -0.4 is 0 Å². The van der Waals surface area contributed by atoms with Crippen molar-refractivity contribution in [1.29, 1.82) is 0 Å². The third-order valence-electron chi connectivity index (χ3n) is 2.97. The zero-order valence-corrected chi connectivity index (χ0v) is 12.0. The van der Waals surface area contributed by atoms with E-state index in [9.17, 15) is 8.42 Å². The number of nitrogens with zero attached hydrogens (tertiary/aromatic N) is 1. The van der Waals surface area contributed by atoms with Crippen LogP contribution in [-0.2, 0) is 14.6 Å². The molecule has 0 spiro atoms. The summed E-state index contributed by atoms with van der Waals surface area (Å²) in [6.07, 6.45) is 0.819. The van der Waals surface area contributed by atoms with E-state index in [2.05, 4.69) is 18.7 Å². The van der Waals surface area contributed by atoms with Gasteiger partial charge in [-0.25, -0.2) is 8.42 Å². The summed E-state index contributed by atoms with van der Waals surface area (Å²) in [6, 6.07) is 0. The molecule has 0 aromatic heterocycles. The lowest BCUT2D eigenvalue weighted by atomic mass is 10.1. The molecule has 1 aliphatic heterocycles. The minimum Gasteiger partial charge on any atom is -0.380 e. The summed E-state index contributed by atoms with van der Waals surface area (Å²) in [5.41, 5.74) is 0. The van der Waals surface area contributed by atoms with Crippen molar-refractivity contribution >= 4 is 9.84 Å². The largest absolute Gasteiger partial charge is 0.380 e. The van der Waals surface area contributed by atoms with E-state index in [1.54, 1.807) is 0 Å². The van der Waals surface area contributed by atoms with E-state index in [0.717, 1.165) is 32.7 Å². The molecule has 5 heteroatoms. The molecular formula is C12H25NO3S. The standard InChI is InChI=1S/C12H25NO3S/c1-11(2)9-16-6-5-13(3)8-12-4-7-17(14,15)10-12/h11-12H,4-10H2,1-3H3/t12-/m1/s1. The fourth-order valence-electron chi connectivity index (χ4n) is 2.09. The number of hydrogen-bond donors (Lipinski definition) is 0. The van der Waals surface area contributed by atoms with E-state index < -0.39 is 9.84 Å². The second kappa shape index (κ2) is 6.71. The second-order valence-electron chi connectivity index (χ2n) is 5.50. The molecule has 0 aliphatic carbocycles. The maximum absolute atomic E-state index is 11.3. The van der Waals surface area contributed by atoms with Gasteiger partial charge in [-0.2, -0.15) is 0 Å². The highest BCUT2D eigenvalue weighted by Crippen LogP contribution is 2.18. The molecule has 1 saturated heterocycles. The predicted molar refractivity (Wildman–Crippen MR) is 69.9 cm³/mol. The third-order valence-corrected chi connectivity index (χ3v) is 4.80. The summed E-state index contributed by atoms with van der Waals surface area (Å²) in [4.78, 5) is 2.17. The molecule has 1 rings (SSSR count). The van der Waals surface area contributed by atoms with Gasteiger partial charge in [-0.3, -0.25) is 0 Å². The van der Waals surface area contributed by atoms with Gasteiger partial charge in [-0.1, -0.05) is 13.8 Å². The van der Waals surface area contributed by atoms with Crippen molar-refractivity contribution in [3.63, 3.8) is 0 Å². The van der Waals surface area contributed by atoms with E-state index in [-0.39, 0.29) is 0 Å². The van der Waals surface area contributed by atoms with Gasteiger partial charge in [0.2, 0.25) is 0 Å². The molecule has 0 saturated carbocycles. The van der Waals surface area contributed by atoms with Gasteiger partial charge < -0.3 is 9.64 Å². The Labute approximate surface area is 105 Å². The van der Waals surface area contributed by atoms with E-state index in [1.165, 1.54) is 0 Å². The van der Waals surface area contributed by atoms with Crippen LogP contribution in [0.2, 0.25) is 0 Å². The SMILES string of the molecule is CC(C)COCCN(C)C[C@H]1CCS(=O)(=O)C1. The van der Waals surface area contributed by atoms with Crippen LogP contribution in [0.1, 0.15) is 20.3 Å². The Hall–Kier alpha value is -0.130. The van der Waals surface area contributed by atoms with Gasteiger partial charge in [0.1, 0.15) is 0 Å². The lowest BCUT2D eigenvalue weighted by Crippen LogP contribution is -2.29. The highest BCUT2D eigenvalue weighted by atomic mass is 32.2. The molecular weight excluding hydrogens is 238 g/mol. The fourth-order valence-corrected chi connectivity index (χ4v) is 3.94. The maximum atomic E-state index is 11.3. The Morgan fingerprint density at radius 1 is 1.41 bits per heavy atom. The third kappa shape index (κ3) is 6.38. The first kappa shape index (κ1) is 14.9. The zero-order chi connectivity index (χ0) is 12.9. The van der Waals surface area contributed by atoms with Crippen LogP contribution in [0.5, 0.6) is 0 Å². The van der Waals surface area contributed by atoms with E-state index in [4.69, 9.17) is 4.74 Å². The summed E-state index contributed by atoms with van der Waals surface area (Å²) in [5.74, 6) is 1.62. The Bertz CT molecular complexity index is 314. The highest BCUT2D eigenvalue weighted by Gasteiger charge is 2.28. The van der Waals surface area contributed by atoms with Gasteiger partial charge >= 0.3 is 0 Å². The zero-order valence-electron chi connectivity index (χ0n) is 11.2. The minimum atomic E-state index is -2.74. The number of likely N-dealkylation sites (N-methyl/N-ethyl adjacent to an activating group) is 1. The van der Waals surface area contributed by atoms with Gasteiger partial charge in [0, 0.05) is 19.7 Å². The molecule has 4 nitrogen and oxygen atoms in total. The van der Waals surface area contributed by atoms with E-state index in [0.29, 0.717) is 23.3 Å². The molecule has 0 N–H and O–H groups in total. The van der Waals surface area contributed by atoms with Crippen LogP contribution in [0.25, 0.3) is 0 Å². The second-order valence-corrected chi connectivity index (χ2v) is 7.73. The molecule has 0 bridgehead atoms. The molecule has 102 valence electrons. The van der Waals surface area contributed by atoms with Crippen LogP contribution in [0, 0.1) is 11.8 Å². The van der Waals surface area contributed by atoms with Crippen LogP contribution in [0.3, 0.4) is 0 Å². The van der Waals surface area contributed by atoms with Crippen LogP contribution in [0.15, 0.2) is 0 Å². The fraction of sp³-hybridized carbons (Fsp3) is 1.00. The van der Waals surface area contributed by atoms with E-state index >= 15 is 0 Å². The minimum absolute atomic E-state index is 0.315. The first-order chi connectivity index (χ1) is 7.89. The topological polar surface area (TPSA) is 46.6 Å². The molecule has 1 aliphatic rings. The quantitative estimate of drug-likeness (QED) is 0.644. The van der Waals surface area contributed by atoms with Gasteiger partial charge in [0.15, 0.2) is 9.84 Å². The van der Waals surface area contributed by atoms with E-state index in [1.807, 2.05) is 7.05 Å². The van der Waals surface area contributed by atoms with Crippen LogP contribution >= 0.6 is 0 Å². The summed E-state index contributed by atoms with van der Waals surface area (Å²) >= 11 is 0. The Balaban J connectivity index is 2.11. The highest BCUT2D eigenvalue weighted by molar-refractivity contribution is 7.91. The van der Waals surface area contributed by atoms with Gasteiger partial charge in [0.25, 0.3) is 0 Å². The van der Waals surface area contributed by atoms with Crippen molar-refractivity contribution in [1.82, 2.24) is 4.90 Å². The van der Waals surface area contributed by atoms with Gasteiger partial charge in [-0.05, 0) is 25.3 Å². The molecule has 17 heavy (non-hydrogen) atoms. The summed E-state index contributed by atoms with van der Waals surface area (Å²) < 4.78 is 28.1. The number of sulfone groups is 1. The summed E-state index contributed by atoms with van der Waals surface area (Å²) in [5, 5.41) is 0. The van der Waals surface area contributed by atoms with Crippen molar-refractivity contribution in [2.24, 2.45) is 11.8 Å². The monoisotopic (exact) mass is 263 g/mol. The summed E-state index contributed by atoms with van der Waals surface area (Å²) in [6.45, 7) is 7.54. The number of ether oxygens (including phenoxy) is 1. The smallest absolute Gasteiger partial charge is 0.150 e. The van der Waals surface area contributed by atoms with Crippen molar-refractivity contribution in [2.75, 3.05) is 44.9 Å². The number of hydrogen-bond acceptors (Lipinski definition) is 4. The number of rotatable bonds is 7. The average Bonchev–Trinajstić information content (AvgIpc) is 2.52. The van der Waals surface area contributed by atoms with Crippen molar-refractivity contribution in [2.45, 2.75) is 20.3 Å². The lowest BCUT2D eigenvalue weighted by molar-refractivity contribution is 0.0888. The maximum Gasteiger partial charge on any atom is 0.150 e. The molecule has 1 atom stereocenters. The molecule has 0 aromatic rings. The Morgan fingerprint density at radius 2 is 2.12 bits per heavy atom. The molecule has 0 aromatic carbocycles. The van der Waals surface area contributed by atoms with Gasteiger partial charge in [-0.15, -0.1) is 0 Å². The Kier molecular flexibility index (Phi) is 5.89. The average molecular weight is 263 g/mol. The van der Waals surface area contributed by atoms with Crippen molar-refractivity contribution in [3.8, 4) is 0 Å². The normalized spacial score (nSPS) is 23.7. The molecule has 0 unspecified atom stereocenters. The van der Waals surface area contributed by atoms with Crippen molar-refractivity contribution in [3.05, 3.63) is 0 Å². The Morgan fingerprint density at radius 3 is 2.65 bits per heavy atom. The van der Waals surface area contributed by atoms with Crippen LogP contribution in [-0.4, -0.2) is 58.2 Å². The first-order valence-electron chi connectivity index (χ1n) is 6.36. The van der Waals surface area contributed by atoms with Gasteiger partial charge in [0.05, 0.1) is 18.1 Å². The molecule has 1 heterocycles. The first-order valence-corrected chi connectivity index (χ1v) is 8.18. The molecule has 1 fully saturated rings. The summed E-state index contributed by atoms with van der Waals surface area (Å²) in [7, 11) is -0.704. The molecule has 0 radical (unpaired) electrons. The van der Waals surface area contributed by atoms with Crippen LogP contribution in [0.4, 0.5) is 0 Å². The van der Waals surface area contributed by atoms with Crippen molar-refractivity contribution < 1.29 is 13.2 Å². The predicted octanol–water partition coefficient (Wildman–Crippen LogP) is 1.03.